The summed E-state index contributed by atoms with van der Waals surface area (Å²) in [5.41, 5.74) is 5.61. The molecule has 0 spiro atoms. The summed E-state index contributed by atoms with van der Waals surface area (Å²) in [5, 5.41) is 2.53. The van der Waals surface area contributed by atoms with Crippen molar-refractivity contribution in [3.8, 4) is 5.75 Å². The van der Waals surface area contributed by atoms with Gasteiger partial charge in [0.25, 0.3) is 0 Å². The summed E-state index contributed by atoms with van der Waals surface area (Å²) in [6.45, 7) is 5.39. The van der Waals surface area contributed by atoms with Gasteiger partial charge in [-0.2, -0.15) is 0 Å². The highest BCUT2D eigenvalue weighted by atomic mass is 16.6. The number of rotatable bonds is 5. The zero-order chi connectivity index (χ0) is 18.2. The van der Waals surface area contributed by atoms with E-state index in [2.05, 4.69) is 5.32 Å². The molecular weight excluding hydrogens is 310 g/mol. The van der Waals surface area contributed by atoms with Gasteiger partial charge in [-0.25, -0.2) is 14.5 Å². The van der Waals surface area contributed by atoms with Crippen LogP contribution in [-0.4, -0.2) is 42.8 Å². The van der Waals surface area contributed by atoms with Crippen molar-refractivity contribution in [2.75, 3.05) is 20.2 Å². The minimum Gasteiger partial charge on any atom is -0.497 e. The highest BCUT2D eigenvalue weighted by Gasteiger charge is 2.26. The quantitative estimate of drug-likeness (QED) is 0.862. The first-order chi connectivity index (χ1) is 11.3. The van der Waals surface area contributed by atoms with Crippen molar-refractivity contribution < 1.29 is 19.1 Å². The maximum Gasteiger partial charge on any atom is 0.418 e. The van der Waals surface area contributed by atoms with E-state index in [1.165, 1.54) is 6.20 Å². The van der Waals surface area contributed by atoms with E-state index >= 15 is 0 Å². The van der Waals surface area contributed by atoms with Gasteiger partial charge >= 0.3 is 12.1 Å². The normalized spacial score (nSPS) is 11.2. The number of carbonyl (C=O) groups is 2. The first-order valence-corrected chi connectivity index (χ1v) is 7.58. The minimum absolute atomic E-state index is 0.0632. The third-order valence-corrected chi connectivity index (χ3v) is 2.79. The Morgan fingerprint density at radius 3 is 2.62 bits per heavy atom. The summed E-state index contributed by atoms with van der Waals surface area (Å²) in [4.78, 5) is 25.1. The molecule has 24 heavy (non-hydrogen) atoms. The highest BCUT2D eigenvalue weighted by molar-refractivity contribution is 5.91. The van der Waals surface area contributed by atoms with Gasteiger partial charge in [-0.05, 0) is 44.5 Å². The van der Waals surface area contributed by atoms with Crippen molar-refractivity contribution in [3.63, 3.8) is 0 Å². The molecule has 0 aliphatic carbocycles. The van der Waals surface area contributed by atoms with Gasteiger partial charge in [-0.1, -0.05) is 12.1 Å². The zero-order valence-corrected chi connectivity index (χ0v) is 14.5. The average Bonchev–Trinajstić information content (AvgIpc) is 2.50. The Labute approximate surface area is 142 Å². The van der Waals surface area contributed by atoms with Crippen LogP contribution in [-0.2, 0) is 4.74 Å². The van der Waals surface area contributed by atoms with E-state index in [1.807, 2.05) is 24.3 Å². The third-order valence-electron chi connectivity index (χ3n) is 2.79. The fourth-order valence-electron chi connectivity index (χ4n) is 1.75. The molecule has 0 aliphatic heterocycles. The molecule has 0 unspecified atom stereocenters. The van der Waals surface area contributed by atoms with Gasteiger partial charge in [0.05, 0.1) is 7.11 Å². The second-order valence-electron chi connectivity index (χ2n) is 5.98. The first kappa shape index (κ1) is 19.5. The molecule has 7 nitrogen and oxygen atoms in total. The number of nitrogens with zero attached hydrogens (tertiary/aromatic N) is 1. The number of hydrogen-bond donors (Lipinski definition) is 2. The van der Waals surface area contributed by atoms with Crippen LogP contribution in [0.4, 0.5) is 9.59 Å². The maximum absolute atomic E-state index is 12.2. The zero-order valence-electron chi connectivity index (χ0n) is 14.5. The minimum atomic E-state index is -0.736. The molecule has 0 saturated heterocycles. The van der Waals surface area contributed by atoms with E-state index < -0.39 is 17.7 Å². The van der Waals surface area contributed by atoms with E-state index in [9.17, 15) is 9.59 Å². The molecular formula is C17H25N3O4. The Morgan fingerprint density at radius 1 is 1.33 bits per heavy atom. The van der Waals surface area contributed by atoms with Crippen LogP contribution in [0.25, 0.3) is 6.08 Å². The molecule has 0 radical (unpaired) electrons. The summed E-state index contributed by atoms with van der Waals surface area (Å²) in [6.07, 6.45) is 2.40. The number of amides is 3. The molecule has 1 rings (SSSR count). The summed E-state index contributed by atoms with van der Waals surface area (Å²) < 4.78 is 10.3. The van der Waals surface area contributed by atoms with Gasteiger partial charge in [0, 0.05) is 19.3 Å². The monoisotopic (exact) mass is 335 g/mol. The Balaban J connectivity index is 2.71. The highest BCUT2D eigenvalue weighted by Crippen LogP contribution is 2.13. The molecule has 0 aromatic heterocycles. The number of ether oxygens (including phenoxy) is 2. The molecule has 0 bridgehead atoms. The fourth-order valence-corrected chi connectivity index (χ4v) is 1.75. The molecule has 1 aromatic carbocycles. The predicted molar refractivity (Wildman–Crippen MR) is 92.6 cm³/mol. The Morgan fingerprint density at radius 2 is 2.04 bits per heavy atom. The van der Waals surface area contributed by atoms with Crippen LogP contribution in [0.3, 0.4) is 0 Å². The van der Waals surface area contributed by atoms with Crippen molar-refractivity contribution in [1.29, 1.82) is 0 Å². The topological polar surface area (TPSA) is 93.9 Å². The second kappa shape index (κ2) is 8.93. The third kappa shape index (κ3) is 6.70. The summed E-state index contributed by atoms with van der Waals surface area (Å²) in [5.74, 6) is 0.710. The molecule has 0 heterocycles. The molecule has 3 amide bonds. The van der Waals surface area contributed by atoms with Crippen LogP contribution in [0, 0.1) is 0 Å². The molecule has 0 saturated carbocycles. The van der Waals surface area contributed by atoms with Crippen molar-refractivity contribution in [3.05, 3.63) is 36.0 Å². The van der Waals surface area contributed by atoms with E-state index in [1.54, 1.807) is 34.0 Å². The van der Waals surface area contributed by atoms with E-state index in [0.717, 1.165) is 10.5 Å². The average molecular weight is 335 g/mol. The molecule has 7 heteroatoms. The van der Waals surface area contributed by atoms with Crippen LogP contribution in [0.15, 0.2) is 30.5 Å². The van der Waals surface area contributed by atoms with Gasteiger partial charge in [-0.15, -0.1) is 0 Å². The molecule has 0 fully saturated rings. The van der Waals surface area contributed by atoms with Crippen LogP contribution in [0.2, 0.25) is 0 Å². The fraction of sp³-hybridized carbons (Fsp3) is 0.412. The summed E-state index contributed by atoms with van der Waals surface area (Å²) in [6, 6.07) is 6.72. The van der Waals surface area contributed by atoms with Gasteiger partial charge < -0.3 is 20.5 Å². The van der Waals surface area contributed by atoms with Gasteiger partial charge in [0.2, 0.25) is 0 Å². The Hall–Kier alpha value is -2.54. The molecule has 132 valence electrons. The van der Waals surface area contributed by atoms with Crippen LogP contribution < -0.4 is 15.8 Å². The van der Waals surface area contributed by atoms with Crippen LogP contribution in [0.1, 0.15) is 26.3 Å². The smallest absolute Gasteiger partial charge is 0.418 e. The molecule has 3 N–H and O–H groups in total. The van der Waals surface area contributed by atoms with Gasteiger partial charge in [0.15, 0.2) is 0 Å². The standard InChI is InChI=1S/C17H25N3O4/c1-17(2,3)24-16(22)20(11-9-18)15(21)19-10-8-13-6-5-7-14(12-13)23-4/h5-8,10,12H,9,11,18H2,1-4H3,(H,19,21)/b10-8+. The lowest BCUT2D eigenvalue weighted by Gasteiger charge is -2.25. The first-order valence-electron chi connectivity index (χ1n) is 7.58. The SMILES string of the molecule is COc1cccc(/C=C/NC(=O)N(CCN)C(=O)OC(C)(C)C)c1. The van der Waals surface area contributed by atoms with Crippen molar-refractivity contribution in [2.45, 2.75) is 26.4 Å². The van der Waals surface area contributed by atoms with E-state index in [0.29, 0.717) is 5.75 Å². The summed E-state index contributed by atoms with van der Waals surface area (Å²) in [7, 11) is 1.58. The number of nitrogens with one attached hydrogen (secondary N) is 1. The number of benzene rings is 1. The summed E-state index contributed by atoms with van der Waals surface area (Å²) >= 11 is 0. The van der Waals surface area contributed by atoms with E-state index in [-0.39, 0.29) is 13.1 Å². The molecule has 1 aromatic rings. The largest absolute Gasteiger partial charge is 0.497 e. The number of hydrogen-bond acceptors (Lipinski definition) is 5. The lowest BCUT2D eigenvalue weighted by molar-refractivity contribution is 0.0328. The van der Waals surface area contributed by atoms with Crippen molar-refractivity contribution >= 4 is 18.2 Å². The van der Waals surface area contributed by atoms with Crippen LogP contribution in [0.5, 0.6) is 5.75 Å². The number of nitrogens with two attached hydrogens (primary N) is 1. The van der Waals surface area contributed by atoms with E-state index in [4.69, 9.17) is 15.2 Å². The Bertz CT molecular complexity index is 594. The van der Waals surface area contributed by atoms with Gasteiger partial charge in [0.1, 0.15) is 11.4 Å². The number of methoxy groups -OCH3 is 1. The predicted octanol–water partition coefficient (Wildman–Crippen LogP) is 2.57. The lowest BCUT2D eigenvalue weighted by Crippen LogP contribution is -2.46. The number of carbonyl (C=O) groups excluding carboxylic acids is 2. The molecule has 0 atom stereocenters. The second-order valence-corrected chi connectivity index (χ2v) is 5.98. The lowest BCUT2D eigenvalue weighted by atomic mass is 10.2. The van der Waals surface area contributed by atoms with Crippen molar-refractivity contribution in [1.82, 2.24) is 10.2 Å². The van der Waals surface area contributed by atoms with Crippen molar-refractivity contribution in [2.24, 2.45) is 5.73 Å². The number of urea groups is 1. The Kier molecular flexibility index (Phi) is 7.26. The van der Waals surface area contributed by atoms with Gasteiger partial charge in [-0.3, -0.25) is 0 Å². The molecule has 0 aliphatic rings. The van der Waals surface area contributed by atoms with Crippen LogP contribution >= 0.6 is 0 Å². The maximum atomic E-state index is 12.2. The number of imide groups is 1.